The summed E-state index contributed by atoms with van der Waals surface area (Å²) < 4.78 is 15.6. The third-order valence-electron chi connectivity index (χ3n) is 5.09. The summed E-state index contributed by atoms with van der Waals surface area (Å²) >= 11 is 1.72. The van der Waals surface area contributed by atoms with Crippen molar-refractivity contribution in [1.29, 1.82) is 0 Å². The SMILES string of the molecule is CC(C)(C)n1nnnc1[C@@H](c1ccc(F)cc1)N(Cc1ccccc1)Cc1cccs1. The molecule has 2 aromatic heterocycles. The molecule has 0 aliphatic rings. The lowest BCUT2D eigenvalue weighted by atomic mass is 10.0. The van der Waals surface area contributed by atoms with Gasteiger partial charge in [-0.1, -0.05) is 48.5 Å². The molecule has 0 amide bonds. The topological polar surface area (TPSA) is 46.8 Å². The maximum atomic E-state index is 13.8. The van der Waals surface area contributed by atoms with E-state index in [4.69, 9.17) is 0 Å². The van der Waals surface area contributed by atoms with Crippen molar-refractivity contribution in [1.82, 2.24) is 25.1 Å². The number of benzene rings is 2. The maximum Gasteiger partial charge on any atom is 0.173 e. The van der Waals surface area contributed by atoms with E-state index in [1.165, 1.54) is 22.6 Å². The minimum absolute atomic E-state index is 0.239. The molecule has 0 bridgehead atoms. The van der Waals surface area contributed by atoms with Gasteiger partial charge in [0.05, 0.1) is 11.6 Å². The fourth-order valence-electron chi connectivity index (χ4n) is 3.67. The van der Waals surface area contributed by atoms with Gasteiger partial charge in [0, 0.05) is 18.0 Å². The molecule has 0 unspecified atom stereocenters. The van der Waals surface area contributed by atoms with Crippen LogP contribution in [-0.2, 0) is 18.6 Å². The lowest BCUT2D eigenvalue weighted by Gasteiger charge is -2.33. The van der Waals surface area contributed by atoms with Crippen molar-refractivity contribution in [3.63, 3.8) is 0 Å². The molecule has 1 atom stereocenters. The summed E-state index contributed by atoms with van der Waals surface area (Å²) in [6.45, 7) is 7.67. The Balaban J connectivity index is 1.83. The van der Waals surface area contributed by atoms with Crippen LogP contribution >= 0.6 is 11.3 Å². The number of hydrogen-bond donors (Lipinski definition) is 0. The largest absolute Gasteiger partial charge is 0.280 e. The van der Waals surface area contributed by atoms with Crippen LogP contribution in [0.2, 0.25) is 0 Å². The zero-order valence-corrected chi connectivity index (χ0v) is 18.8. The molecule has 0 aliphatic heterocycles. The Morgan fingerprint density at radius 2 is 1.71 bits per heavy atom. The number of hydrogen-bond acceptors (Lipinski definition) is 5. The predicted octanol–water partition coefficient (Wildman–Crippen LogP) is 5.42. The van der Waals surface area contributed by atoms with E-state index in [0.29, 0.717) is 6.54 Å². The molecule has 0 saturated heterocycles. The fraction of sp³-hybridized carbons (Fsp3) is 0.292. The molecule has 0 saturated carbocycles. The van der Waals surface area contributed by atoms with Gasteiger partial charge in [0.15, 0.2) is 5.82 Å². The van der Waals surface area contributed by atoms with Crippen LogP contribution in [0.25, 0.3) is 0 Å². The summed E-state index contributed by atoms with van der Waals surface area (Å²) in [5, 5.41) is 14.8. The van der Waals surface area contributed by atoms with Crippen LogP contribution < -0.4 is 0 Å². The quantitative estimate of drug-likeness (QED) is 0.389. The van der Waals surface area contributed by atoms with Gasteiger partial charge in [0.1, 0.15) is 5.82 Å². The summed E-state index contributed by atoms with van der Waals surface area (Å²) in [5.41, 5.74) is 1.86. The van der Waals surface area contributed by atoms with Crippen LogP contribution in [0.1, 0.15) is 48.6 Å². The molecule has 5 nitrogen and oxygen atoms in total. The van der Waals surface area contributed by atoms with E-state index in [0.717, 1.165) is 17.9 Å². The first-order valence-electron chi connectivity index (χ1n) is 10.3. The van der Waals surface area contributed by atoms with E-state index in [1.807, 2.05) is 35.0 Å². The highest BCUT2D eigenvalue weighted by molar-refractivity contribution is 7.09. The molecule has 0 spiro atoms. The van der Waals surface area contributed by atoms with Crippen LogP contribution in [0.15, 0.2) is 72.1 Å². The van der Waals surface area contributed by atoms with E-state index in [-0.39, 0.29) is 17.4 Å². The first kappa shape index (κ1) is 21.3. The highest BCUT2D eigenvalue weighted by atomic mass is 32.1. The van der Waals surface area contributed by atoms with E-state index in [9.17, 15) is 4.39 Å². The average molecular weight is 436 g/mol. The molecule has 2 heterocycles. The molecular weight excluding hydrogens is 409 g/mol. The molecule has 31 heavy (non-hydrogen) atoms. The van der Waals surface area contributed by atoms with Crippen LogP contribution in [0, 0.1) is 5.82 Å². The second kappa shape index (κ2) is 9.08. The molecule has 4 rings (SSSR count). The highest BCUT2D eigenvalue weighted by Crippen LogP contribution is 2.33. The van der Waals surface area contributed by atoms with Crippen molar-refractivity contribution in [3.05, 3.63) is 99.8 Å². The van der Waals surface area contributed by atoms with Gasteiger partial charge in [-0.05, 0) is 65.9 Å². The van der Waals surface area contributed by atoms with Crippen molar-refractivity contribution in [2.75, 3.05) is 0 Å². The Hall–Kier alpha value is -2.90. The number of aromatic nitrogens is 4. The number of thiophene rings is 1. The number of nitrogens with zero attached hydrogens (tertiary/aromatic N) is 5. The summed E-state index contributed by atoms with van der Waals surface area (Å²) in [7, 11) is 0. The van der Waals surface area contributed by atoms with Crippen molar-refractivity contribution in [2.24, 2.45) is 0 Å². The van der Waals surface area contributed by atoms with E-state index in [2.05, 4.69) is 70.8 Å². The minimum atomic E-state index is -0.293. The highest BCUT2D eigenvalue weighted by Gasteiger charge is 2.31. The fourth-order valence-corrected chi connectivity index (χ4v) is 4.40. The summed E-state index contributed by atoms with van der Waals surface area (Å²) in [6, 6.07) is 21.0. The summed E-state index contributed by atoms with van der Waals surface area (Å²) in [5.74, 6) is 0.484. The number of rotatable bonds is 7. The standard InChI is InChI=1S/C24H26FN5S/c1-24(2,3)30-23(26-27-28-30)22(19-11-13-20(25)14-12-19)29(17-21-10-7-15-31-21)16-18-8-5-4-6-9-18/h4-15,22H,16-17H2,1-3H3/t22-/m1/s1. The van der Waals surface area contributed by atoms with Crippen LogP contribution in [0.5, 0.6) is 0 Å². The smallest absolute Gasteiger partial charge is 0.173 e. The van der Waals surface area contributed by atoms with Gasteiger partial charge in [0.2, 0.25) is 0 Å². The van der Waals surface area contributed by atoms with Crippen molar-refractivity contribution in [2.45, 2.75) is 45.4 Å². The molecule has 0 N–H and O–H groups in total. The molecule has 160 valence electrons. The first-order valence-corrected chi connectivity index (χ1v) is 11.1. The molecule has 0 fully saturated rings. The van der Waals surface area contributed by atoms with Gasteiger partial charge in [-0.25, -0.2) is 9.07 Å². The van der Waals surface area contributed by atoms with Crippen LogP contribution in [0.3, 0.4) is 0 Å². The van der Waals surface area contributed by atoms with Gasteiger partial charge in [-0.2, -0.15) is 0 Å². The lowest BCUT2D eigenvalue weighted by molar-refractivity contribution is 0.187. The van der Waals surface area contributed by atoms with Gasteiger partial charge < -0.3 is 0 Å². The Morgan fingerprint density at radius 3 is 2.35 bits per heavy atom. The molecule has 0 radical (unpaired) electrons. The zero-order chi connectivity index (χ0) is 21.8. The average Bonchev–Trinajstić information content (AvgIpc) is 3.42. The van der Waals surface area contributed by atoms with Crippen molar-refractivity contribution in [3.8, 4) is 0 Å². The summed E-state index contributed by atoms with van der Waals surface area (Å²) in [6.07, 6.45) is 0. The molecular formula is C24H26FN5S. The Labute approximate surface area is 186 Å². The second-order valence-electron chi connectivity index (χ2n) is 8.54. The van der Waals surface area contributed by atoms with Crippen molar-refractivity contribution < 1.29 is 4.39 Å². The maximum absolute atomic E-state index is 13.8. The molecule has 4 aromatic rings. The normalized spacial score (nSPS) is 12.9. The van der Waals surface area contributed by atoms with Crippen LogP contribution in [0.4, 0.5) is 4.39 Å². The van der Waals surface area contributed by atoms with E-state index < -0.39 is 0 Å². The van der Waals surface area contributed by atoms with E-state index >= 15 is 0 Å². The summed E-state index contributed by atoms with van der Waals surface area (Å²) in [4.78, 5) is 3.60. The Kier molecular flexibility index (Phi) is 6.25. The molecule has 2 aromatic carbocycles. The molecule has 7 heteroatoms. The molecule has 0 aliphatic carbocycles. The monoisotopic (exact) mass is 435 g/mol. The Morgan fingerprint density at radius 1 is 0.968 bits per heavy atom. The first-order chi connectivity index (χ1) is 14.9. The second-order valence-corrected chi connectivity index (χ2v) is 9.58. The van der Waals surface area contributed by atoms with Crippen molar-refractivity contribution >= 4 is 11.3 Å². The Bertz CT molecular complexity index is 1090. The third-order valence-corrected chi connectivity index (χ3v) is 5.95. The van der Waals surface area contributed by atoms with E-state index in [1.54, 1.807) is 11.3 Å². The van der Waals surface area contributed by atoms with Gasteiger partial charge >= 0.3 is 0 Å². The van der Waals surface area contributed by atoms with Crippen LogP contribution in [-0.4, -0.2) is 25.1 Å². The van der Waals surface area contributed by atoms with Gasteiger partial charge in [-0.15, -0.1) is 16.4 Å². The minimum Gasteiger partial charge on any atom is -0.280 e. The lowest BCUT2D eigenvalue weighted by Crippen LogP contribution is -2.34. The third kappa shape index (κ3) is 5.06. The van der Waals surface area contributed by atoms with Gasteiger partial charge in [-0.3, -0.25) is 4.90 Å². The number of tetrazole rings is 1. The predicted molar refractivity (Wildman–Crippen MR) is 121 cm³/mol. The van der Waals surface area contributed by atoms with Gasteiger partial charge in [0.25, 0.3) is 0 Å². The zero-order valence-electron chi connectivity index (χ0n) is 17.9. The number of halogens is 1.